The van der Waals surface area contributed by atoms with E-state index in [0.717, 1.165) is 0 Å². The number of pyridine rings is 1. The summed E-state index contributed by atoms with van der Waals surface area (Å²) >= 11 is 6.24. The average Bonchev–Trinajstić information content (AvgIpc) is 3.67. The fourth-order valence-electron chi connectivity index (χ4n) is 4.63. The van der Waals surface area contributed by atoms with Gasteiger partial charge in [0.1, 0.15) is 12.4 Å². The molecule has 1 atom stereocenters. The zero-order chi connectivity index (χ0) is 26.4. The number of carbonyl (C=O) groups is 2. The molecule has 2 aromatic carbocycles. The van der Waals surface area contributed by atoms with E-state index in [2.05, 4.69) is 20.7 Å². The Morgan fingerprint density at radius 2 is 2.03 bits per heavy atom. The third-order valence-corrected chi connectivity index (χ3v) is 6.67. The minimum atomic E-state index is -0.839. The Bertz CT molecular complexity index is 1780. The summed E-state index contributed by atoms with van der Waals surface area (Å²) in [6.45, 7) is -0.482. The van der Waals surface area contributed by atoms with Gasteiger partial charge in [0.15, 0.2) is 23.8 Å². The highest BCUT2D eigenvalue weighted by atomic mass is 35.5. The first-order chi connectivity index (χ1) is 18.4. The van der Waals surface area contributed by atoms with Crippen molar-refractivity contribution in [2.24, 2.45) is 0 Å². The van der Waals surface area contributed by atoms with Gasteiger partial charge in [-0.2, -0.15) is 4.68 Å². The number of fused-ring (bicyclic) bond motifs is 2. The molecule has 12 nitrogen and oxygen atoms in total. The maximum Gasteiger partial charge on any atom is 0.329 e. The molecule has 6 rings (SSSR count). The van der Waals surface area contributed by atoms with E-state index in [4.69, 9.17) is 26.6 Å². The minimum absolute atomic E-state index is 0.223. The summed E-state index contributed by atoms with van der Waals surface area (Å²) < 4.78 is 13.3. The van der Waals surface area contributed by atoms with Crippen molar-refractivity contribution >= 4 is 40.1 Å². The third kappa shape index (κ3) is 4.10. The number of carbonyl (C=O) groups excluding carboxylic acids is 2. The van der Waals surface area contributed by atoms with Crippen molar-refractivity contribution in [3.05, 3.63) is 81.5 Å². The Morgan fingerprint density at radius 3 is 2.84 bits per heavy atom. The van der Waals surface area contributed by atoms with Crippen LogP contribution in [0.15, 0.2) is 64.2 Å². The van der Waals surface area contributed by atoms with Gasteiger partial charge in [-0.05, 0) is 65.2 Å². The highest BCUT2D eigenvalue weighted by Crippen LogP contribution is 2.32. The summed E-state index contributed by atoms with van der Waals surface area (Å²) in [7, 11) is 0. The second-order valence-corrected chi connectivity index (χ2v) is 9.16. The monoisotopic (exact) mass is 531 g/mol. The Labute approximate surface area is 218 Å². The lowest BCUT2D eigenvalue weighted by atomic mass is 10.0. The highest BCUT2D eigenvalue weighted by molar-refractivity contribution is 6.31. The molecule has 0 saturated heterocycles. The molecule has 0 spiro atoms. The molecule has 1 aliphatic rings. The number of ketones is 1. The first-order valence-electron chi connectivity index (χ1n) is 11.5. The van der Waals surface area contributed by atoms with Gasteiger partial charge in [0.25, 0.3) is 5.56 Å². The normalized spacial score (nSPS) is 14.5. The molecule has 3 aromatic heterocycles. The van der Waals surface area contributed by atoms with Crippen molar-refractivity contribution in [2.75, 3.05) is 12.3 Å². The molecule has 2 N–H and O–H groups in total. The molecule has 4 heterocycles. The Balaban J connectivity index is 1.22. The van der Waals surface area contributed by atoms with Crippen LogP contribution in [0.2, 0.25) is 5.02 Å². The van der Waals surface area contributed by atoms with Gasteiger partial charge in [-0.3, -0.25) is 14.2 Å². The van der Waals surface area contributed by atoms with Gasteiger partial charge in [0.05, 0.1) is 11.1 Å². The predicted octanol–water partition coefficient (Wildman–Crippen LogP) is 2.78. The highest BCUT2D eigenvalue weighted by Gasteiger charge is 2.31. The van der Waals surface area contributed by atoms with E-state index in [0.29, 0.717) is 51.3 Å². The summed E-state index contributed by atoms with van der Waals surface area (Å²) in [5.74, 6) is -0.859. The zero-order valence-electron chi connectivity index (χ0n) is 19.6. The number of anilines is 1. The van der Waals surface area contributed by atoms with E-state index in [-0.39, 0.29) is 16.9 Å². The smallest absolute Gasteiger partial charge is 0.329 e. The number of Topliss-reactive ketones (excluding diaryl/α,β-unsaturated/α-hetero) is 1. The molecule has 1 aliphatic heterocycles. The van der Waals surface area contributed by atoms with Crippen LogP contribution in [-0.4, -0.2) is 48.3 Å². The number of ether oxygens (including phenoxy) is 1. The van der Waals surface area contributed by atoms with E-state index in [1.807, 2.05) is 6.07 Å². The van der Waals surface area contributed by atoms with Gasteiger partial charge in [0, 0.05) is 27.9 Å². The molecule has 0 bridgehead atoms. The van der Waals surface area contributed by atoms with Crippen LogP contribution >= 0.6 is 11.6 Å². The molecule has 0 aliphatic carbocycles. The van der Waals surface area contributed by atoms with Crippen LogP contribution in [0.25, 0.3) is 27.8 Å². The molecule has 190 valence electrons. The Kier molecular flexibility index (Phi) is 5.72. The first-order valence-corrected chi connectivity index (χ1v) is 11.9. The minimum Gasteiger partial charge on any atom is -0.456 e. The molecule has 0 unspecified atom stereocenters. The lowest BCUT2D eigenvalue weighted by Crippen LogP contribution is -2.29. The van der Waals surface area contributed by atoms with Crippen LogP contribution in [0.1, 0.15) is 28.5 Å². The molecule has 0 fully saturated rings. The topological polar surface area (TPSA) is 161 Å². The number of aromatic nitrogens is 6. The molecule has 38 heavy (non-hydrogen) atoms. The molecule has 0 radical (unpaired) electrons. The van der Waals surface area contributed by atoms with Crippen molar-refractivity contribution in [2.45, 2.75) is 18.9 Å². The molecule has 0 amide bonds. The van der Waals surface area contributed by atoms with Crippen LogP contribution in [0.3, 0.4) is 0 Å². The fraction of sp³-hybridized carbons (Fsp3) is 0.160. The SMILES string of the molecule is Nc1noc2cc(C(=O)COC(=O)[C@@H]3CCc4cc(-c5cc(Cl)ccc5-n5cnnn5)cc(=O)n43)ccc12. The van der Waals surface area contributed by atoms with Crippen LogP contribution < -0.4 is 11.3 Å². The summed E-state index contributed by atoms with van der Waals surface area (Å²) in [6.07, 6.45) is 2.28. The number of benzene rings is 2. The Hall–Kier alpha value is -4.84. The van der Waals surface area contributed by atoms with Gasteiger partial charge in [0.2, 0.25) is 0 Å². The second kappa shape index (κ2) is 9.23. The van der Waals surface area contributed by atoms with Gasteiger partial charge in [-0.15, -0.1) is 5.10 Å². The maximum absolute atomic E-state index is 13.2. The summed E-state index contributed by atoms with van der Waals surface area (Å²) in [6, 6.07) is 12.3. The summed E-state index contributed by atoms with van der Waals surface area (Å²) in [5.41, 5.74) is 8.54. The maximum atomic E-state index is 13.2. The van der Waals surface area contributed by atoms with Crippen LogP contribution in [-0.2, 0) is 16.0 Å². The van der Waals surface area contributed by atoms with Crippen LogP contribution in [0, 0.1) is 0 Å². The van der Waals surface area contributed by atoms with E-state index < -0.39 is 24.4 Å². The number of hydrogen-bond acceptors (Lipinski definition) is 10. The van der Waals surface area contributed by atoms with Gasteiger partial charge >= 0.3 is 5.97 Å². The van der Waals surface area contributed by atoms with E-state index in [1.54, 1.807) is 30.3 Å². The molecular formula is C25H18ClN7O5. The number of hydrogen-bond donors (Lipinski definition) is 1. The molecule has 5 aromatic rings. The average molecular weight is 532 g/mol. The lowest BCUT2D eigenvalue weighted by Gasteiger charge is -2.15. The van der Waals surface area contributed by atoms with E-state index in [9.17, 15) is 14.4 Å². The predicted molar refractivity (Wildman–Crippen MR) is 135 cm³/mol. The van der Waals surface area contributed by atoms with Crippen molar-refractivity contribution in [1.82, 2.24) is 29.9 Å². The lowest BCUT2D eigenvalue weighted by molar-refractivity contribution is -0.146. The zero-order valence-corrected chi connectivity index (χ0v) is 20.3. The quantitative estimate of drug-likeness (QED) is 0.255. The van der Waals surface area contributed by atoms with Crippen LogP contribution in [0.4, 0.5) is 5.82 Å². The number of aryl methyl sites for hydroxylation is 1. The van der Waals surface area contributed by atoms with Gasteiger partial charge in [-0.1, -0.05) is 22.8 Å². The number of nitrogens with zero attached hydrogens (tertiary/aromatic N) is 6. The van der Waals surface area contributed by atoms with Crippen molar-refractivity contribution in [3.63, 3.8) is 0 Å². The summed E-state index contributed by atoms with van der Waals surface area (Å²) in [4.78, 5) is 38.7. The van der Waals surface area contributed by atoms with Crippen LogP contribution in [0.5, 0.6) is 0 Å². The molecular weight excluding hydrogens is 514 g/mol. The number of tetrazole rings is 1. The van der Waals surface area contributed by atoms with Crippen molar-refractivity contribution in [1.29, 1.82) is 0 Å². The largest absolute Gasteiger partial charge is 0.456 e. The van der Waals surface area contributed by atoms with E-state index in [1.165, 1.54) is 27.7 Å². The van der Waals surface area contributed by atoms with E-state index >= 15 is 0 Å². The number of halogens is 1. The first kappa shape index (κ1) is 23.6. The van der Waals surface area contributed by atoms with Crippen molar-refractivity contribution in [3.8, 4) is 16.8 Å². The van der Waals surface area contributed by atoms with Gasteiger partial charge in [-0.25, -0.2) is 4.79 Å². The van der Waals surface area contributed by atoms with Gasteiger partial charge < -0.3 is 15.0 Å². The fourth-order valence-corrected chi connectivity index (χ4v) is 4.80. The number of nitrogen functional groups attached to an aromatic ring is 1. The number of rotatable bonds is 6. The number of nitrogens with two attached hydrogens (primary N) is 1. The molecule has 13 heteroatoms. The second-order valence-electron chi connectivity index (χ2n) is 8.72. The summed E-state index contributed by atoms with van der Waals surface area (Å²) in [5, 5.41) is 16.0. The van der Waals surface area contributed by atoms with Crippen molar-refractivity contribution < 1.29 is 18.8 Å². The standard InChI is InChI=1S/C25H18ClN7O5/c26-15-2-5-19(32-12-28-30-31-32)18(10-15)14-7-16-3-6-20(33(16)23(35)9-14)25(36)37-11-21(34)13-1-4-17-22(8-13)38-29-24(17)27/h1-2,4-5,7-10,12,20H,3,6,11H2,(H2,27,29)/t20-/m0/s1. The molecule has 0 saturated carbocycles. The third-order valence-electron chi connectivity index (χ3n) is 6.44. The Morgan fingerprint density at radius 1 is 1.16 bits per heavy atom. The number of esters is 1.